The smallest absolute Gasteiger partial charge is 0.246 e. The number of fused-ring (bicyclic) bond motifs is 2. The van der Waals surface area contributed by atoms with E-state index in [2.05, 4.69) is 26.8 Å². The molecule has 5 aromatic rings. The van der Waals surface area contributed by atoms with Crippen molar-refractivity contribution in [3.8, 4) is 22.0 Å². The Labute approximate surface area is 337 Å². The quantitative estimate of drug-likeness (QED) is 0.143. The number of rotatable bonds is 12. The van der Waals surface area contributed by atoms with Gasteiger partial charge in [0, 0.05) is 63.1 Å². The maximum Gasteiger partial charge on any atom is 0.246 e. The molecule has 5 aromatic heterocycles. The zero-order valence-corrected chi connectivity index (χ0v) is 34.2. The largest absolute Gasteiger partial charge is 0.387 e. The summed E-state index contributed by atoms with van der Waals surface area (Å²) in [6.45, 7) is 9.66. The second-order valence-electron chi connectivity index (χ2n) is 15.7. The number of carbonyl (C=O) groups is 4. The first-order valence-corrected chi connectivity index (χ1v) is 21.1. The van der Waals surface area contributed by atoms with Crippen molar-refractivity contribution in [2.24, 2.45) is 16.8 Å². The van der Waals surface area contributed by atoms with E-state index in [-0.39, 0.29) is 41.6 Å². The molecule has 3 aliphatic heterocycles. The van der Waals surface area contributed by atoms with Gasteiger partial charge in [-0.1, -0.05) is 50.4 Å². The molecule has 4 atom stereocenters. The molecule has 8 heterocycles. The molecule has 57 heavy (non-hydrogen) atoms. The van der Waals surface area contributed by atoms with E-state index in [4.69, 9.17) is 15.0 Å². The van der Waals surface area contributed by atoms with Crippen molar-refractivity contribution < 1.29 is 24.3 Å². The van der Waals surface area contributed by atoms with Gasteiger partial charge in [0.05, 0.1) is 33.7 Å². The average molecular weight is 814 g/mol. The Bertz CT molecular complexity index is 2350. The van der Waals surface area contributed by atoms with Crippen LogP contribution in [0.1, 0.15) is 83.5 Å². The van der Waals surface area contributed by atoms with Crippen molar-refractivity contribution in [1.29, 1.82) is 0 Å². The van der Waals surface area contributed by atoms with E-state index >= 15 is 0 Å². The van der Waals surface area contributed by atoms with Crippen LogP contribution in [0, 0.1) is 11.8 Å². The van der Waals surface area contributed by atoms with Gasteiger partial charge in [-0.05, 0) is 43.1 Å². The van der Waals surface area contributed by atoms with Crippen LogP contribution in [0.2, 0.25) is 0 Å². The molecule has 2 fully saturated rings. The van der Waals surface area contributed by atoms with Gasteiger partial charge in [-0.2, -0.15) is 0 Å². The highest BCUT2D eigenvalue weighted by Gasteiger charge is 2.39. The lowest BCUT2D eigenvalue weighted by Crippen LogP contribution is -2.53. The molecule has 0 aliphatic carbocycles. The predicted octanol–water partition coefficient (Wildman–Crippen LogP) is 4.30. The third kappa shape index (κ3) is 7.52. The predicted molar refractivity (Wildman–Crippen MR) is 217 cm³/mol. The average Bonchev–Trinajstić information content (AvgIpc) is 4.01. The van der Waals surface area contributed by atoms with Gasteiger partial charge < -0.3 is 30.5 Å². The van der Waals surface area contributed by atoms with E-state index in [1.54, 1.807) is 22.4 Å². The molecule has 0 radical (unpaired) electrons. The van der Waals surface area contributed by atoms with Crippen LogP contribution in [0.25, 0.3) is 37.5 Å². The number of thiazole rings is 2. The van der Waals surface area contributed by atoms with Crippen LogP contribution in [0.5, 0.6) is 0 Å². The van der Waals surface area contributed by atoms with E-state index in [9.17, 15) is 24.3 Å². The molecule has 0 spiro atoms. The Kier molecular flexibility index (Phi) is 10.6. The van der Waals surface area contributed by atoms with Gasteiger partial charge in [0.15, 0.2) is 9.92 Å². The van der Waals surface area contributed by atoms with Gasteiger partial charge in [0.2, 0.25) is 23.6 Å². The van der Waals surface area contributed by atoms with Crippen molar-refractivity contribution in [1.82, 2.24) is 49.2 Å². The molecule has 4 N–H and O–H groups in total. The topological polar surface area (TPSA) is 195 Å². The molecule has 2 saturated heterocycles. The lowest BCUT2D eigenvalue weighted by Gasteiger charge is -2.31. The molecule has 300 valence electrons. The number of aromatic amines is 1. The first-order valence-electron chi connectivity index (χ1n) is 19.5. The summed E-state index contributed by atoms with van der Waals surface area (Å²) < 4.78 is 4.00. The molecule has 4 amide bonds. The van der Waals surface area contributed by atoms with E-state index in [1.165, 1.54) is 18.3 Å². The van der Waals surface area contributed by atoms with E-state index in [1.807, 2.05) is 66.2 Å². The monoisotopic (exact) mass is 813 g/mol. The highest BCUT2D eigenvalue weighted by Crippen LogP contribution is 2.37. The number of imidazole rings is 3. The molecule has 18 heteroatoms. The van der Waals surface area contributed by atoms with E-state index in [0.717, 1.165) is 73.7 Å². The summed E-state index contributed by atoms with van der Waals surface area (Å²) in [6, 6.07) is -1.59. The van der Waals surface area contributed by atoms with Gasteiger partial charge in [0.1, 0.15) is 35.9 Å². The Morgan fingerprint density at radius 2 is 1.42 bits per heavy atom. The van der Waals surface area contributed by atoms with Crippen molar-refractivity contribution >= 4 is 67.5 Å². The number of likely N-dealkylation sites (tertiary alicyclic amines) is 2. The maximum absolute atomic E-state index is 13.5. The Morgan fingerprint density at radius 1 is 0.842 bits per heavy atom. The summed E-state index contributed by atoms with van der Waals surface area (Å²) in [5.41, 5.74) is 4.44. The number of nitrogens with one attached hydrogen (secondary N) is 3. The minimum Gasteiger partial charge on any atom is -0.387 e. The maximum atomic E-state index is 13.5. The Hall–Kier alpha value is -5.20. The van der Waals surface area contributed by atoms with Gasteiger partial charge in [-0.15, -0.1) is 0 Å². The molecule has 1 unspecified atom stereocenters. The van der Waals surface area contributed by atoms with Crippen LogP contribution in [0.15, 0.2) is 42.2 Å². The molecular formula is C39H47N11O5S2. The number of aromatic nitrogens is 6. The molecule has 0 bridgehead atoms. The highest BCUT2D eigenvalue weighted by atomic mass is 32.1. The van der Waals surface area contributed by atoms with Crippen LogP contribution in [-0.2, 0) is 19.2 Å². The third-order valence-electron chi connectivity index (χ3n) is 11.0. The first kappa shape index (κ1) is 38.7. The minimum absolute atomic E-state index is 0.0170. The number of allylic oxidation sites excluding steroid dienone is 1. The van der Waals surface area contributed by atoms with Crippen LogP contribution in [0.4, 0.5) is 0 Å². The van der Waals surface area contributed by atoms with Crippen molar-refractivity contribution in [3.05, 3.63) is 47.9 Å². The van der Waals surface area contributed by atoms with Crippen LogP contribution in [-0.4, -0.2) is 111 Å². The molecule has 16 nitrogen and oxygen atoms in total. The van der Waals surface area contributed by atoms with Gasteiger partial charge in [-0.25, -0.2) is 15.0 Å². The first-order chi connectivity index (χ1) is 27.4. The number of nitrogens with zero attached hydrogens (tertiary/aromatic N) is 8. The molecule has 0 aromatic carbocycles. The lowest BCUT2D eigenvalue weighted by atomic mass is 9.99. The number of hydrogen-bond donors (Lipinski definition) is 4. The van der Waals surface area contributed by atoms with Crippen molar-refractivity contribution in [3.63, 3.8) is 0 Å². The number of amides is 4. The summed E-state index contributed by atoms with van der Waals surface area (Å²) in [7, 11) is 0. The zero-order valence-electron chi connectivity index (χ0n) is 32.6. The van der Waals surface area contributed by atoms with Crippen molar-refractivity contribution in [2.75, 3.05) is 19.7 Å². The molecule has 0 saturated carbocycles. The third-order valence-corrected chi connectivity index (χ3v) is 13.1. The number of H-pyrrole nitrogens is 1. The minimum atomic E-state index is -0.727. The normalized spacial score (nSPS) is 19.6. The van der Waals surface area contributed by atoms with Crippen LogP contribution >= 0.6 is 22.7 Å². The second-order valence-corrected chi connectivity index (χ2v) is 17.7. The van der Waals surface area contributed by atoms with Crippen molar-refractivity contribution in [2.45, 2.75) is 90.9 Å². The summed E-state index contributed by atoms with van der Waals surface area (Å²) in [4.78, 5) is 80.9. The number of carbonyl (C=O) groups excluding carboxylic acids is 4. The van der Waals surface area contributed by atoms with Crippen LogP contribution in [0.3, 0.4) is 0 Å². The standard InChI is InChI=1S/C39H47N11O5S2/c1-20(2)33(42-22(5)52)36(54)49-10-6-8-28(49)24-12-23(13-40-24)30-17-47-15-26(44-38(47)56-30)27-16-48-18-31(57-39(48)45-27)25-14-41-35(43-25)29-9-7-11-50(29)37(55)34(21(3)4)46-32(53)19-51/h13-18,20-21,28-29,33-34,51H,6-12,19H2,1-5H3,(H,41,43)(H,42,52)(H,46,53)/t28?,29-,33-,34-/m0/s1. The van der Waals surface area contributed by atoms with E-state index < -0.39 is 24.6 Å². The fraction of sp³-hybridized carbons (Fsp3) is 0.487. The van der Waals surface area contributed by atoms with Gasteiger partial charge >= 0.3 is 0 Å². The molecule has 8 rings (SSSR count). The number of aliphatic hydroxyl groups is 1. The summed E-state index contributed by atoms with van der Waals surface area (Å²) in [5, 5.41) is 14.7. The van der Waals surface area contributed by atoms with Crippen LogP contribution < -0.4 is 10.6 Å². The number of hydrogen-bond acceptors (Lipinski definition) is 11. The molecule has 3 aliphatic rings. The SMILES string of the molecule is CC(=O)N[C@H](C(=O)N1CCCC1C1=NC=C(c2cn3cc(-c4cn5cc(-c6cnc([C@@H]7CCCN7C(=O)[C@@H](NC(=O)CO)C(C)C)[nH]6)sc5n4)nc3s2)C1)C(C)C. The molecular weight excluding hydrogens is 767 g/mol. The summed E-state index contributed by atoms with van der Waals surface area (Å²) in [5.74, 6) is -0.457. The fourth-order valence-corrected chi connectivity index (χ4v) is 9.96. The van der Waals surface area contributed by atoms with Gasteiger partial charge in [-0.3, -0.25) is 33.0 Å². The lowest BCUT2D eigenvalue weighted by molar-refractivity contribution is -0.139. The summed E-state index contributed by atoms with van der Waals surface area (Å²) >= 11 is 3.12. The van der Waals surface area contributed by atoms with Gasteiger partial charge in [0.25, 0.3) is 0 Å². The fourth-order valence-electron chi connectivity index (χ4n) is 8.06. The Morgan fingerprint density at radius 3 is 2.02 bits per heavy atom. The van der Waals surface area contributed by atoms with E-state index in [0.29, 0.717) is 25.3 Å². The summed E-state index contributed by atoms with van der Waals surface area (Å²) in [6.07, 6.45) is 15.7. The second kappa shape index (κ2) is 15.6. The Balaban J connectivity index is 0.920. The zero-order chi connectivity index (χ0) is 40.1. The number of aliphatic hydroxyl groups excluding tert-OH is 1. The highest BCUT2D eigenvalue weighted by molar-refractivity contribution is 7.20. The number of aliphatic imine (C=N–C) groups is 1.